The van der Waals surface area contributed by atoms with Gasteiger partial charge in [-0.25, -0.2) is 5.43 Å². The monoisotopic (exact) mass is 362 g/mol. The Bertz CT molecular complexity index is 687. The van der Waals surface area contributed by atoms with Gasteiger partial charge in [0.2, 0.25) is 5.91 Å². The summed E-state index contributed by atoms with van der Waals surface area (Å²) >= 11 is 3.26. The number of carbonyl (C=O) groups excluding carboxylic acids is 1. The molecular weight excluding hydrogens is 348 g/mol. The van der Waals surface area contributed by atoms with Gasteiger partial charge in [0.1, 0.15) is 0 Å². The second-order valence-corrected chi connectivity index (χ2v) is 5.27. The van der Waals surface area contributed by atoms with Crippen LogP contribution in [0.2, 0.25) is 0 Å². The zero-order valence-corrected chi connectivity index (χ0v) is 13.5. The summed E-state index contributed by atoms with van der Waals surface area (Å²) in [6, 6.07) is 12.7. The minimum Gasteiger partial charge on any atom is -0.503 e. The number of benzene rings is 2. The van der Waals surface area contributed by atoms with E-state index in [2.05, 4.69) is 26.5 Å². The van der Waals surface area contributed by atoms with Gasteiger partial charge in [0.25, 0.3) is 0 Å². The maximum atomic E-state index is 11.7. The van der Waals surface area contributed by atoms with Crippen molar-refractivity contribution in [1.29, 1.82) is 0 Å². The summed E-state index contributed by atoms with van der Waals surface area (Å²) in [6.07, 6.45) is 1.71. The molecule has 0 aromatic heterocycles. The number of carbonyl (C=O) groups is 1. The fourth-order valence-corrected chi connectivity index (χ4v) is 2.25. The lowest BCUT2D eigenvalue weighted by Gasteiger charge is -2.06. The first-order valence-corrected chi connectivity index (χ1v) is 7.32. The number of phenols is 1. The number of aromatic hydroxyl groups is 1. The molecule has 0 aliphatic rings. The van der Waals surface area contributed by atoms with E-state index >= 15 is 0 Å². The third-order valence-corrected chi connectivity index (χ3v) is 3.76. The van der Waals surface area contributed by atoms with Crippen molar-refractivity contribution in [2.75, 3.05) is 7.11 Å². The Balaban J connectivity index is 1.98. The normalized spacial score (nSPS) is 10.6. The molecule has 0 radical (unpaired) electrons. The second-order valence-electron chi connectivity index (χ2n) is 4.48. The molecule has 0 unspecified atom stereocenters. The molecule has 2 aromatic carbocycles. The van der Waals surface area contributed by atoms with Gasteiger partial charge in [-0.3, -0.25) is 4.79 Å². The third kappa shape index (κ3) is 4.08. The van der Waals surface area contributed by atoms with Crippen LogP contribution in [0.15, 0.2) is 52.0 Å². The van der Waals surface area contributed by atoms with Gasteiger partial charge in [-0.1, -0.05) is 30.3 Å². The first-order valence-electron chi connectivity index (χ1n) is 6.53. The number of rotatable bonds is 5. The Hall–Kier alpha value is -2.34. The highest BCUT2D eigenvalue weighted by atomic mass is 79.9. The average Bonchev–Trinajstić information content (AvgIpc) is 2.52. The van der Waals surface area contributed by atoms with E-state index in [1.54, 1.807) is 12.1 Å². The Morgan fingerprint density at radius 2 is 2.05 bits per heavy atom. The molecule has 5 nitrogen and oxygen atoms in total. The lowest BCUT2D eigenvalue weighted by Crippen LogP contribution is -2.19. The predicted octanol–water partition coefficient (Wildman–Crippen LogP) is 2.86. The molecule has 0 aliphatic carbocycles. The van der Waals surface area contributed by atoms with E-state index in [1.165, 1.54) is 13.3 Å². The van der Waals surface area contributed by atoms with Crippen molar-refractivity contribution >= 4 is 28.1 Å². The van der Waals surface area contributed by atoms with Gasteiger partial charge in [-0.05, 0) is 33.6 Å². The molecule has 0 saturated heterocycles. The van der Waals surface area contributed by atoms with Gasteiger partial charge in [-0.15, -0.1) is 0 Å². The highest BCUT2D eigenvalue weighted by Crippen LogP contribution is 2.35. The van der Waals surface area contributed by atoms with E-state index in [4.69, 9.17) is 4.74 Å². The quantitative estimate of drug-likeness (QED) is 0.634. The van der Waals surface area contributed by atoms with Gasteiger partial charge in [0, 0.05) is 5.56 Å². The number of nitrogens with zero attached hydrogens (tertiary/aromatic N) is 1. The first-order chi connectivity index (χ1) is 10.6. The molecule has 114 valence electrons. The minimum absolute atomic E-state index is 0.0120. The number of hydrogen-bond donors (Lipinski definition) is 2. The Morgan fingerprint density at radius 3 is 2.73 bits per heavy atom. The van der Waals surface area contributed by atoms with Crippen molar-refractivity contribution in [3.63, 3.8) is 0 Å². The number of ether oxygens (including phenoxy) is 1. The van der Waals surface area contributed by atoms with Crippen LogP contribution in [0.25, 0.3) is 0 Å². The molecule has 2 rings (SSSR count). The molecule has 2 N–H and O–H groups in total. The molecule has 1 amide bonds. The Labute approximate surface area is 136 Å². The van der Waals surface area contributed by atoms with Crippen molar-refractivity contribution in [1.82, 2.24) is 5.43 Å². The molecule has 0 atom stereocenters. The number of phenolic OH excluding ortho intramolecular Hbond substituents is 1. The lowest BCUT2D eigenvalue weighted by atomic mass is 10.1. The van der Waals surface area contributed by atoms with Gasteiger partial charge >= 0.3 is 0 Å². The molecule has 2 aromatic rings. The number of hydrazone groups is 1. The van der Waals surface area contributed by atoms with Crippen molar-refractivity contribution < 1.29 is 14.6 Å². The van der Waals surface area contributed by atoms with E-state index in [-0.39, 0.29) is 18.1 Å². The predicted molar refractivity (Wildman–Crippen MR) is 88.2 cm³/mol. The number of hydrogen-bond acceptors (Lipinski definition) is 4. The molecule has 0 saturated carbocycles. The van der Waals surface area contributed by atoms with Crippen molar-refractivity contribution in [2.45, 2.75) is 6.42 Å². The molecule has 6 heteroatoms. The van der Waals surface area contributed by atoms with E-state index in [0.29, 0.717) is 15.8 Å². The fraction of sp³-hybridized carbons (Fsp3) is 0.125. The van der Waals surface area contributed by atoms with E-state index in [1.807, 2.05) is 30.3 Å². The number of methoxy groups -OCH3 is 1. The number of nitrogens with one attached hydrogen (secondary N) is 1. The van der Waals surface area contributed by atoms with Crippen molar-refractivity contribution in [3.05, 3.63) is 58.1 Å². The number of halogens is 1. The smallest absolute Gasteiger partial charge is 0.244 e. The molecule has 0 fully saturated rings. The molecule has 0 heterocycles. The first kappa shape index (κ1) is 16.0. The maximum Gasteiger partial charge on any atom is 0.244 e. The molecule has 0 aliphatic heterocycles. The fourth-order valence-electron chi connectivity index (χ4n) is 1.82. The highest BCUT2D eigenvalue weighted by molar-refractivity contribution is 9.10. The van der Waals surface area contributed by atoms with Crippen molar-refractivity contribution in [3.8, 4) is 11.5 Å². The minimum atomic E-state index is -0.212. The zero-order valence-electron chi connectivity index (χ0n) is 11.9. The Kier molecular flexibility index (Phi) is 5.55. The summed E-state index contributed by atoms with van der Waals surface area (Å²) in [5.74, 6) is 0.135. The van der Waals surface area contributed by atoms with E-state index in [0.717, 1.165) is 5.56 Å². The average molecular weight is 363 g/mol. The van der Waals surface area contributed by atoms with Gasteiger partial charge in [-0.2, -0.15) is 5.10 Å². The van der Waals surface area contributed by atoms with E-state index < -0.39 is 0 Å². The van der Waals surface area contributed by atoms with E-state index in [9.17, 15) is 9.90 Å². The van der Waals surface area contributed by atoms with Crippen LogP contribution in [0.1, 0.15) is 11.1 Å². The Morgan fingerprint density at radius 1 is 1.32 bits per heavy atom. The summed E-state index contributed by atoms with van der Waals surface area (Å²) in [4.78, 5) is 11.7. The van der Waals surface area contributed by atoms with Crippen LogP contribution in [-0.2, 0) is 11.2 Å². The summed E-state index contributed by atoms with van der Waals surface area (Å²) in [6.45, 7) is 0. The van der Waals surface area contributed by atoms with Crippen molar-refractivity contribution in [2.24, 2.45) is 5.10 Å². The third-order valence-electron chi connectivity index (χ3n) is 2.93. The van der Waals surface area contributed by atoms with Crippen LogP contribution in [0, 0.1) is 0 Å². The highest BCUT2D eigenvalue weighted by Gasteiger charge is 2.09. The SMILES string of the molecule is COc1ccc(/C=N\NC(=O)Cc2ccccc2)c(Br)c1O. The molecule has 0 bridgehead atoms. The summed E-state index contributed by atoms with van der Waals surface area (Å²) in [5.41, 5.74) is 3.99. The van der Waals surface area contributed by atoms with Gasteiger partial charge in [0.15, 0.2) is 11.5 Å². The van der Waals surface area contributed by atoms with Crippen LogP contribution >= 0.6 is 15.9 Å². The van der Waals surface area contributed by atoms with Crippen LogP contribution in [0.5, 0.6) is 11.5 Å². The molecule has 22 heavy (non-hydrogen) atoms. The molecular formula is C16H15BrN2O3. The van der Waals surface area contributed by atoms with Gasteiger partial charge < -0.3 is 9.84 Å². The molecule has 0 spiro atoms. The topological polar surface area (TPSA) is 70.9 Å². The zero-order chi connectivity index (χ0) is 15.9. The standard InChI is InChI=1S/C16H15BrN2O3/c1-22-13-8-7-12(15(17)16(13)21)10-18-19-14(20)9-11-5-3-2-4-6-11/h2-8,10,21H,9H2,1H3,(H,19,20)/b18-10-. The summed E-state index contributed by atoms with van der Waals surface area (Å²) in [7, 11) is 1.47. The lowest BCUT2D eigenvalue weighted by molar-refractivity contribution is -0.120. The summed E-state index contributed by atoms with van der Waals surface area (Å²) in [5, 5.41) is 13.7. The van der Waals surface area contributed by atoms with Crippen LogP contribution in [-0.4, -0.2) is 24.3 Å². The van der Waals surface area contributed by atoms with Crippen LogP contribution < -0.4 is 10.2 Å². The second kappa shape index (κ2) is 7.61. The van der Waals surface area contributed by atoms with Crippen LogP contribution in [0.3, 0.4) is 0 Å². The van der Waals surface area contributed by atoms with Gasteiger partial charge in [0.05, 0.1) is 24.2 Å². The maximum absolute atomic E-state index is 11.7. The van der Waals surface area contributed by atoms with Crippen LogP contribution in [0.4, 0.5) is 0 Å². The summed E-state index contributed by atoms with van der Waals surface area (Å²) < 4.78 is 5.45. The number of amides is 1. The largest absolute Gasteiger partial charge is 0.503 e.